The fraction of sp³-hybridized carbons (Fsp3) is 1.00. The van der Waals surface area contributed by atoms with Gasteiger partial charge in [0, 0.05) is 18.1 Å². The van der Waals surface area contributed by atoms with Crippen LogP contribution in [0.15, 0.2) is 0 Å². The lowest BCUT2D eigenvalue weighted by Gasteiger charge is -2.45. The Morgan fingerprint density at radius 3 is 2.38 bits per heavy atom. The molecule has 0 bridgehead atoms. The van der Waals surface area contributed by atoms with E-state index in [1.165, 1.54) is 0 Å². The highest BCUT2D eigenvalue weighted by molar-refractivity contribution is 4.95. The van der Waals surface area contributed by atoms with Crippen molar-refractivity contribution in [2.75, 3.05) is 26.3 Å². The topological polar surface area (TPSA) is 32.7 Å². The first-order valence-corrected chi connectivity index (χ1v) is 6.60. The van der Waals surface area contributed by atoms with Gasteiger partial charge in [-0.15, -0.1) is 0 Å². The smallest absolute Gasteiger partial charge is 0.0771 e. The van der Waals surface area contributed by atoms with Crippen LogP contribution in [0, 0.1) is 5.92 Å². The van der Waals surface area contributed by atoms with E-state index in [4.69, 9.17) is 4.74 Å². The van der Waals surface area contributed by atoms with E-state index in [9.17, 15) is 5.11 Å². The van der Waals surface area contributed by atoms with Crippen LogP contribution in [0.1, 0.15) is 40.5 Å². The number of aliphatic hydroxyl groups excluding tert-OH is 1. The van der Waals surface area contributed by atoms with Crippen molar-refractivity contribution in [3.63, 3.8) is 0 Å². The molecule has 0 saturated carbocycles. The maximum Gasteiger partial charge on any atom is 0.0771 e. The van der Waals surface area contributed by atoms with Gasteiger partial charge in [-0.1, -0.05) is 20.8 Å². The molecule has 16 heavy (non-hydrogen) atoms. The Kier molecular flexibility index (Phi) is 5.22. The summed E-state index contributed by atoms with van der Waals surface area (Å²) < 4.78 is 5.39. The Balaban J connectivity index is 2.76. The molecule has 1 saturated heterocycles. The summed E-state index contributed by atoms with van der Waals surface area (Å²) in [5, 5.41) is 10.6. The van der Waals surface area contributed by atoms with Gasteiger partial charge < -0.3 is 9.84 Å². The van der Waals surface area contributed by atoms with Crippen molar-refractivity contribution in [1.29, 1.82) is 0 Å². The van der Waals surface area contributed by atoms with Gasteiger partial charge in [0.2, 0.25) is 0 Å². The van der Waals surface area contributed by atoms with Crippen molar-refractivity contribution < 1.29 is 9.84 Å². The number of hydrogen-bond acceptors (Lipinski definition) is 3. The Hall–Kier alpha value is -0.120. The Bertz CT molecular complexity index is 200. The van der Waals surface area contributed by atoms with Gasteiger partial charge in [0.25, 0.3) is 0 Å². The van der Waals surface area contributed by atoms with Crippen LogP contribution in [0.5, 0.6) is 0 Å². The molecule has 1 rings (SSSR count). The lowest BCUT2D eigenvalue weighted by Crippen LogP contribution is -2.56. The van der Waals surface area contributed by atoms with E-state index in [0.29, 0.717) is 5.92 Å². The molecule has 0 aromatic carbocycles. The third kappa shape index (κ3) is 2.58. The molecule has 0 amide bonds. The molecule has 1 N–H and O–H groups in total. The second-order valence-electron chi connectivity index (χ2n) is 4.95. The van der Waals surface area contributed by atoms with Crippen LogP contribution in [0.25, 0.3) is 0 Å². The molecule has 0 aromatic heterocycles. The maximum absolute atomic E-state index is 10.6. The van der Waals surface area contributed by atoms with E-state index >= 15 is 0 Å². The molecule has 0 spiro atoms. The van der Waals surface area contributed by atoms with Gasteiger partial charge in [-0.2, -0.15) is 0 Å². The number of hydrogen-bond donors (Lipinski definition) is 1. The molecule has 0 aromatic rings. The maximum atomic E-state index is 10.6. The lowest BCUT2D eigenvalue weighted by atomic mass is 9.81. The van der Waals surface area contributed by atoms with Crippen molar-refractivity contribution in [3.8, 4) is 0 Å². The third-order valence-electron chi connectivity index (χ3n) is 4.25. The molecule has 1 heterocycles. The summed E-state index contributed by atoms with van der Waals surface area (Å²) >= 11 is 0. The number of nitrogens with zero attached hydrogens (tertiary/aromatic N) is 1. The normalized spacial score (nSPS) is 27.0. The monoisotopic (exact) mass is 229 g/mol. The van der Waals surface area contributed by atoms with Crippen LogP contribution in [-0.2, 0) is 4.74 Å². The summed E-state index contributed by atoms with van der Waals surface area (Å²) in [6, 6.07) is 0. The van der Waals surface area contributed by atoms with Crippen molar-refractivity contribution in [1.82, 2.24) is 4.90 Å². The highest BCUT2D eigenvalue weighted by atomic mass is 16.5. The number of ether oxygens (including phenoxy) is 1. The first kappa shape index (κ1) is 13.9. The van der Waals surface area contributed by atoms with E-state index in [0.717, 1.165) is 39.1 Å². The van der Waals surface area contributed by atoms with Crippen LogP contribution in [0.2, 0.25) is 0 Å². The molecule has 3 unspecified atom stereocenters. The minimum atomic E-state index is -0.278. The predicted molar refractivity (Wildman–Crippen MR) is 66.5 cm³/mol. The van der Waals surface area contributed by atoms with Crippen molar-refractivity contribution in [2.24, 2.45) is 5.92 Å². The van der Waals surface area contributed by atoms with Gasteiger partial charge >= 0.3 is 0 Å². The van der Waals surface area contributed by atoms with Crippen LogP contribution < -0.4 is 0 Å². The Morgan fingerprint density at radius 1 is 1.38 bits per heavy atom. The molecule has 1 fully saturated rings. The SMILES string of the molecule is CCN(CC)C(C)(CC)C(O)C1CCOC1. The lowest BCUT2D eigenvalue weighted by molar-refractivity contribution is -0.0522. The molecule has 3 atom stereocenters. The highest BCUT2D eigenvalue weighted by Crippen LogP contribution is 2.31. The fourth-order valence-corrected chi connectivity index (χ4v) is 2.88. The molecule has 0 aliphatic carbocycles. The van der Waals surface area contributed by atoms with Gasteiger partial charge in [0.15, 0.2) is 0 Å². The standard InChI is InChI=1S/C13H27NO2/c1-5-13(4,14(6-2)7-3)12(15)11-8-9-16-10-11/h11-12,15H,5-10H2,1-4H3. The van der Waals surface area contributed by atoms with Crippen molar-refractivity contribution >= 4 is 0 Å². The molecule has 1 aliphatic rings. The zero-order valence-electron chi connectivity index (χ0n) is 11.2. The minimum absolute atomic E-state index is 0.109. The quantitative estimate of drug-likeness (QED) is 0.755. The molecular formula is C13H27NO2. The van der Waals surface area contributed by atoms with Gasteiger partial charge in [-0.05, 0) is 32.9 Å². The summed E-state index contributed by atoms with van der Waals surface area (Å²) in [6.45, 7) is 12.2. The molecule has 3 heteroatoms. The average molecular weight is 229 g/mol. The highest BCUT2D eigenvalue weighted by Gasteiger charge is 2.41. The van der Waals surface area contributed by atoms with E-state index in [2.05, 4.69) is 32.6 Å². The first-order valence-electron chi connectivity index (χ1n) is 6.60. The van der Waals surface area contributed by atoms with Crippen molar-refractivity contribution in [2.45, 2.75) is 52.2 Å². The zero-order chi connectivity index (χ0) is 12.2. The fourth-order valence-electron chi connectivity index (χ4n) is 2.88. The van der Waals surface area contributed by atoms with Gasteiger partial charge in [-0.25, -0.2) is 0 Å². The zero-order valence-corrected chi connectivity index (χ0v) is 11.2. The molecule has 3 nitrogen and oxygen atoms in total. The minimum Gasteiger partial charge on any atom is -0.391 e. The summed E-state index contributed by atoms with van der Waals surface area (Å²) in [6.07, 6.45) is 1.70. The van der Waals surface area contributed by atoms with E-state index < -0.39 is 0 Å². The van der Waals surface area contributed by atoms with Gasteiger partial charge in [0.05, 0.1) is 12.7 Å². The summed E-state index contributed by atoms with van der Waals surface area (Å²) in [4.78, 5) is 2.37. The summed E-state index contributed by atoms with van der Waals surface area (Å²) in [5.74, 6) is 0.311. The summed E-state index contributed by atoms with van der Waals surface area (Å²) in [7, 11) is 0. The van der Waals surface area contributed by atoms with Crippen LogP contribution >= 0.6 is 0 Å². The largest absolute Gasteiger partial charge is 0.391 e. The average Bonchev–Trinajstić information content (AvgIpc) is 2.82. The molecule has 96 valence electrons. The molecule has 1 aliphatic heterocycles. The molecular weight excluding hydrogens is 202 g/mol. The van der Waals surface area contributed by atoms with Gasteiger partial charge in [-0.3, -0.25) is 4.90 Å². The molecule has 0 radical (unpaired) electrons. The second-order valence-corrected chi connectivity index (χ2v) is 4.95. The Labute approximate surface area is 99.8 Å². The van der Waals surface area contributed by atoms with Crippen LogP contribution in [-0.4, -0.2) is 48.0 Å². The van der Waals surface area contributed by atoms with Crippen LogP contribution in [0.4, 0.5) is 0 Å². The van der Waals surface area contributed by atoms with Crippen molar-refractivity contribution in [3.05, 3.63) is 0 Å². The van der Waals surface area contributed by atoms with E-state index in [1.807, 2.05) is 0 Å². The Morgan fingerprint density at radius 2 is 2.00 bits per heavy atom. The second kappa shape index (κ2) is 5.99. The van der Waals surface area contributed by atoms with E-state index in [-0.39, 0.29) is 11.6 Å². The first-order chi connectivity index (χ1) is 7.60. The number of aliphatic hydroxyl groups is 1. The number of rotatable bonds is 6. The van der Waals surface area contributed by atoms with E-state index in [1.54, 1.807) is 0 Å². The predicted octanol–water partition coefficient (Wildman–Crippen LogP) is 1.89. The van der Waals surface area contributed by atoms with Gasteiger partial charge in [0.1, 0.15) is 0 Å². The summed E-state index contributed by atoms with van der Waals surface area (Å²) in [5.41, 5.74) is -0.109. The third-order valence-corrected chi connectivity index (χ3v) is 4.25. The van der Waals surface area contributed by atoms with Crippen LogP contribution in [0.3, 0.4) is 0 Å². The number of likely N-dealkylation sites (N-methyl/N-ethyl adjacent to an activating group) is 1.